The van der Waals surface area contributed by atoms with Crippen LogP contribution >= 0.6 is 0 Å². The normalized spacial score (nSPS) is 11.8. The van der Waals surface area contributed by atoms with Crippen molar-refractivity contribution in [2.45, 2.75) is 0 Å². The first kappa shape index (κ1) is 29.5. The van der Waals surface area contributed by atoms with E-state index in [1.807, 2.05) is 42.5 Å². The van der Waals surface area contributed by atoms with Crippen LogP contribution in [0, 0.1) is 0 Å². The van der Waals surface area contributed by atoms with Crippen LogP contribution < -0.4 is 0 Å². The lowest BCUT2D eigenvalue weighted by Gasteiger charge is -2.15. The molecule has 0 aliphatic heterocycles. The average molecular weight is 676 g/mol. The maximum atomic E-state index is 6.65. The Labute approximate surface area is 304 Å². The summed E-state index contributed by atoms with van der Waals surface area (Å²) in [5.41, 5.74) is 6.52. The molecular formula is C49H29N3O. The van der Waals surface area contributed by atoms with E-state index in [1.54, 1.807) is 0 Å². The third-order valence-corrected chi connectivity index (χ3v) is 10.5. The second-order valence-electron chi connectivity index (χ2n) is 13.6. The fourth-order valence-corrected chi connectivity index (χ4v) is 7.97. The highest BCUT2D eigenvalue weighted by molar-refractivity contribution is 6.24. The number of rotatable bonds is 4. The molecule has 0 atom stereocenters. The first-order valence-electron chi connectivity index (χ1n) is 17.9. The number of benzene rings is 9. The summed E-state index contributed by atoms with van der Waals surface area (Å²) in [6, 6.07) is 61.7. The third-order valence-electron chi connectivity index (χ3n) is 10.5. The van der Waals surface area contributed by atoms with Gasteiger partial charge in [-0.05, 0) is 84.5 Å². The minimum Gasteiger partial charge on any atom is -0.456 e. The van der Waals surface area contributed by atoms with E-state index in [4.69, 9.17) is 19.4 Å². The molecule has 4 heteroatoms. The summed E-state index contributed by atoms with van der Waals surface area (Å²) in [5.74, 6) is 1.83. The van der Waals surface area contributed by atoms with Crippen molar-refractivity contribution in [3.05, 3.63) is 176 Å². The van der Waals surface area contributed by atoms with Gasteiger partial charge in [0.2, 0.25) is 0 Å². The summed E-state index contributed by atoms with van der Waals surface area (Å²) in [6.45, 7) is 0. The number of furan rings is 1. The first-order valence-corrected chi connectivity index (χ1v) is 17.9. The highest BCUT2D eigenvalue weighted by Gasteiger charge is 2.21. The molecule has 53 heavy (non-hydrogen) atoms. The van der Waals surface area contributed by atoms with Crippen LogP contribution in [0.4, 0.5) is 0 Å². The molecule has 0 radical (unpaired) electrons. The number of aromatic nitrogens is 3. The maximum absolute atomic E-state index is 6.65. The fraction of sp³-hybridized carbons (Fsp3) is 0. The molecule has 0 N–H and O–H groups in total. The lowest BCUT2D eigenvalue weighted by Crippen LogP contribution is -2.00. The Morgan fingerprint density at radius 2 is 0.925 bits per heavy atom. The van der Waals surface area contributed by atoms with E-state index in [9.17, 15) is 0 Å². The number of hydrogen-bond acceptors (Lipinski definition) is 4. The molecule has 0 aliphatic rings. The summed E-state index contributed by atoms with van der Waals surface area (Å²) < 4.78 is 6.65. The van der Waals surface area contributed by atoms with Crippen LogP contribution in [0.1, 0.15) is 0 Å². The molecule has 11 aromatic rings. The zero-order valence-corrected chi connectivity index (χ0v) is 28.5. The molecule has 246 valence electrons. The van der Waals surface area contributed by atoms with Crippen molar-refractivity contribution in [2.24, 2.45) is 0 Å². The van der Waals surface area contributed by atoms with Crippen molar-refractivity contribution in [1.29, 1.82) is 0 Å². The Hall–Kier alpha value is -7.17. The summed E-state index contributed by atoms with van der Waals surface area (Å²) in [6.07, 6.45) is 0. The summed E-state index contributed by atoms with van der Waals surface area (Å²) in [4.78, 5) is 15.6. The van der Waals surface area contributed by atoms with Gasteiger partial charge in [-0.3, -0.25) is 0 Å². The molecule has 9 aromatic carbocycles. The van der Waals surface area contributed by atoms with Crippen LogP contribution in [-0.2, 0) is 0 Å². The minimum absolute atomic E-state index is 0.593. The molecule has 2 aromatic heterocycles. The standard InChI is InChI=1S/C49H29N3O/c1-2-14-32(15-3-1)47-50-48(35-23-22-30-12-4-5-16-33(30)26-35)52-49(51-47)42-28-36(29-44-46(42)40-20-10-11-21-43(40)53-44)41-27-34-17-7-9-19-38(34)45-37-18-8-6-13-31(37)24-25-39(41)45/h1-29H. The van der Waals surface area contributed by atoms with E-state index >= 15 is 0 Å². The number of fused-ring (bicyclic) bond motifs is 9. The van der Waals surface area contributed by atoms with Crippen LogP contribution in [-0.4, -0.2) is 15.0 Å². The van der Waals surface area contributed by atoms with Gasteiger partial charge in [0.05, 0.1) is 0 Å². The molecule has 4 nitrogen and oxygen atoms in total. The Morgan fingerprint density at radius 1 is 0.302 bits per heavy atom. The van der Waals surface area contributed by atoms with Crippen LogP contribution in [0.15, 0.2) is 180 Å². The van der Waals surface area contributed by atoms with Crippen LogP contribution in [0.25, 0.3) is 110 Å². The van der Waals surface area contributed by atoms with E-state index < -0.39 is 0 Å². The molecule has 0 unspecified atom stereocenters. The van der Waals surface area contributed by atoms with Gasteiger partial charge in [0.25, 0.3) is 0 Å². The van der Waals surface area contributed by atoms with Crippen molar-refractivity contribution in [3.8, 4) is 45.3 Å². The maximum Gasteiger partial charge on any atom is 0.164 e. The molecule has 0 amide bonds. The van der Waals surface area contributed by atoms with E-state index in [0.717, 1.165) is 55.1 Å². The average Bonchev–Trinajstić information content (AvgIpc) is 3.61. The summed E-state index contributed by atoms with van der Waals surface area (Å²) in [7, 11) is 0. The SMILES string of the molecule is c1ccc(-c2nc(-c3ccc4ccccc4c3)nc(-c3cc(-c4cc5ccccc5c5c4ccc4ccccc45)cc4oc5ccccc5c34)n2)cc1. The number of nitrogens with zero attached hydrogens (tertiary/aromatic N) is 3. The summed E-state index contributed by atoms with van der Waals surface area (Å²) in [5, 5.41) is 11.6. The lowest BCUT2D eigenvalue weighted by molar-refractivity contribution is 0.669. The molecule has 0 saturated carbocycles. The Morgan fingerprint density at radius 3 is 1.75 bits per heavy atom. The van der Waals surface area contributed by atoms with Crippen molar-refractivity contribution < 1.29 is 4.42 Å². The highest BCUT2D eigenvalue weighted by Crippen LogP contribution is 2.44. The van der Waals surface area contributed by atoms with Gasteiger partial charge in [-0.1, -0.05) is 146 Å². The predicted octanol–water partition coefficient (Wildman–Crippen LogP) is 13.1. The second kappa shape index (κ2) is 11.7. The van der Waals surface area contributed by atoms with E-state index in [0.29, 0.717) is 17.5 Å². The van der Waals surface area contributed by atoms with Gasteiger partial charge in [0, 0.05) is 27.5 Å². The zero-order valence-electron chi connectivity index (χ0n) is 28.5. The van der Waals surface area contributed by atoms with Crippen LogP contribution in [0.2, 0.25) is 0 Å². The van der Waals surface area contributed by atoms with Crippen molar-refractivity contribution >= 4 is 65.0 Å². The van der Waals surface area contributed by atoms with Gasteiger partial charge >= 0.3 is 0 Å². The number of para-hydroxylation sites is 1. The summed E-state index contributed by atoms with van der Waals surface area (Å²) >= 11 is 0. The third kappa shape index (κ3) is 4.80. The van der Waals surface area contributed by atoms with Crippen molar-refractivity contribution in [2.75, 3.05) is 0 Å². The Kier molecular flexibility index (Phi) is 6.52. The van der Waals surface area contributed by atoms with Gasteiger partial charge in [-0.25, -0.2) is 15.0 Å². The Balaban J connectivity index is 1.23. The van der Waals surface area contributed by atoms with Crippen molar-refractivity contribution in [3.63, 3.8) is 0 Å². The topological polar surface area (TPSA) is 51.8 Å². The van der Waals surface area contributed by atoms with Gasteiger partial charge in [-0.15, -0.1) is 0 Å². The first-order chi connectivity index (χ1) is 26.2. The second-order valence-corrected chi connectivity index (χ2v) is 13.6. The largest absolute Gasteiger partial charge is 0.456 e. The molecule has 0 spiro atoms. The molecule has 2 heterocycles. The minimum atomic E-state index is 0.593. The molecule has 0 fully saturated rings. The molecule has 0 saturated heterocycles. The molecular weight excluding hydrogens is 647 g/mol. The molecule has 11 rings (SSSR count). The van der Waals surface area contributed by atoms with Crippen LogP contribution in [0.3, 0.4) is 0 Å². The lowest BCUT2D eigenvalue weighted by atomic mass is 9.89. The molecule has 0 aliphatic carbocycles. The van der Waals surface area contributed by atoms with Gasteiger partial charge in [-0.2, -0.15) is 0 Å². The van der Waals surface area contributed by atoms with Gasteiger partial charge < -0.3 is 4.42 Å². The quantitative estimate of drug-likeness (QED) is 0.174. The molecule has 0 bridgehead atoms. The number of hydrogen-bond donors (Lipinski definition) is 0. The monoisotopic (exact) mass is 675 g/mol. The van der Waals surface area contributed by atoms with E-state index in [2.05, 4.69) is 133 Å². The fourth-order valence-electron chi connectivity index (χ4n) is 7.97. The van der Waals surface area contributed by atoms with Crippen molar-refractivity contribution in [1.82, 2.24) is 15.0 Å². The Bertz CT molecular complexity index is 3220. The smallest absolute Gasteiger partial charge is 0.164 e. The van der Waals surface area contributed by atoms with Gasteiger partial charge in [0.15, 0.2) is 17.5 Å². The van der Waals surface area contributed by atoms with Crippen LogP contribution in [0.5, 0.6) is 0 Å². The predicted molar refractivity (Wildman–Crippen MR) is 219 cm³/mol. The van der Waals surface area contributed by atoms with Gasteiger partial charge in [0.1, 0.15) is 11.2 Å². The van der Waals surface area contributed by atoms with E-state index in [1.165, 1.54) is 37.7 Å². The highest BCUT2D eigenvalue weighted by atomic mass is 16.3. The van der Waals surface area contributed by atoms with E-state index in [-0.39, 0.29) is 0 Å². The zero-order chi connectivity index (χ0) is 34.9.